The highest BCUT2D eigenvalue weighted by molar-refractivity contribution is 7.09. The average molecular weight is 269 g/mol. The Kier molecular flexibility index (Phi) is 6.82. The summed E-state index contributed by atoms with van der Waals surface area (Å²) >= 11 is 1.75. The van der Waals surface area contributed by atoms with Gasteiger partial charge in [-0.1, -0.05) is 13.8 Å². The van der Waals surface area contributed by atoms with Crippen LogP contribution in [-0.4, -0.2) is 30.0 Å². The number of aryl methyl sites for hydroxylation is 1. The van der Waals surface area contributed by atoms with Gasteiger partial charge < -0.3 is 10.6 Å². The fourth-order valence-corrected chi connectivity index (χ4v) is 3.06. The van der Waals surface area contributed by atoms with Crippen LogP contribution in [0.3, 0.4) is 0 Å². The Bertz CT molecular complexity index is 336. The first kappa shape index (κ1) is 15.6. The van der Waals surface area contributed by atoms with Gasteiger partial charge in [0.15, 0.2) is 0 Å². The van der Waals surface area contributed by atoms with Gasteiger partial charge in [-0.15, -0.1) is 11.3 Å². The van der Waals surface area contributed by atoms with Gasteiger partial charge in [0.05, 0.1) is 11.2 Å². The highest BCUT2D eigenvalue weighted by Gasteiger charge is 2.11. The molecule has 0 aliphatic rings. The molecular weight excluding hydrogens is 242 g/mol. The molecule has 2 N–H and O–H groups in total. The van der Waals surface area contributed by atoms with Crippen LogP contribution in [0.25, 0.3) is 0 Å². The lowest BCUT2D eigenvalue weighted by Crippen LogP contribution is -2.25. The van der Waals surface area contributed by atoms with E-state index in [0.717, 1.165) is 25.6 Å². The van der Waals surface area contributed by atoms with Crippen molar-refractivity contribution in [3.63, 3.8) is 0 Å². The molecule has 104 valence electrons. The Hall–Kier alpha value is -0.450. The van der Waals surface area contributed by atoms with Crippen molar-refractivity contribution >= 4 is 11.3 Å². The molecule has 1 aromatic heterocycles. The van der Waals surface area contributed by atoms with Crippen molar-refractivity contribution < 1.29 is 0 Å². The molecular formula is C14H27N3S. The summed E-state index contributed by atoms with van der Waals surface area (Å²) in [5.41, 5.74) is 8.94. The van der Waals surface area contributed by atoms with Crippen LogP contribution in [0, 0.1) is 18.8 Å². The second kappa shape index (κ2) is 7.87. The molecule has 0 amide bonds. The van der Waals surface area contributed by atoms with Crippen LogP contribution < -0.4 is 5.73 Å². The summed E-state index contributed by atoms with van der Waals surface area (Å²) in [7, 11) is 2.18. The molecule has 1 rings (SSSR count). The molecule has 1 atom stereocenters. The molecule has 0 saturated heterocycles. The second-order valence-corrected chi connectivity index (χ2v) is 6.56. The summed E-state index contributed by atoms with van der Waals surface area (Å²) in [4.78, 5) is 8.05. The number of thiazole rings is 1. The van der Waals surface area contributed by atoms with Crippen molar-refractivity contribution in [2.24, 2.45) is 17.6 Å². The van der Waals surface area contributed by atoms with Gasteiger partial charge in [-0.2, -0.15) is 0 Å². The topological polar surface area (TPSA) is 42.2 Å². The van der Waals surface area contributed by atoms with Gasteiger partial charge in [0.2, 0.25) is 0 Å². The van der Waals surface area contributed by atoms with E-state index in [2.05, 4.69) is 37.7 Å². The maximum absolute atomic E-state index is 5.84. The van der Waals surface area contributed by atoms with E-state index in [9.17, 15) is 0 Å². The normalized spacial score (nSPS) is 13.5. The molecule has 3 nitrogen and oxygen atoms in total. The molecule has 0 aliphatic heterocycles. The first-order valence-electron chi connectivity index (χ1n) is 6.80. The van der Waals surface area contributed by atoms with Crippen LogP contribution in [0.15, 0.2) is 5.51 Å². The van der Waals surface area contributed by atoms with Crippen LogP contribution >= 0.6 is 11.3 Å². The molecule has 0 saturated carbocycles. The van der Waals surface area contributed by atoms with E-state index < -0.39 is 0 Å². The van der Waals surface area contributed by atoms with Gasteiger partial charge in [-0.3, -0.25) is 0 Å². The lowest BCUT2D eigenvalue weighted by molar-refractivity contribution is 0.280. The molecule has 4 heteroatoms. The van der Waals surface area contributed by atoms with Gasteiger partial charge in [0.1, 0.15) is 0 Å². The number of hydrogen-bond donors (Lipinski definition) is 1. The largest absolute Gasteiger partial charge is 0.330 e. The highest BCUT2D eigenvalue weighted by atomic mass is 32.1. The number of rotatable bonds is 8. The van der Waals surface area contributed by atoms with E-state index in [1.807, 2.05) is 5.51 Å². The molecule has 0 fully saturated rings. The Morgan fingerprint density at radius 1 is 1.44 bits per heavy atom. The Balaban J connectivity index is 2.31. The van der Waals surface area contributed by atoms with E-state index >= 15 is 0 Å². The molecule has 0 spiro atoms. The van der Waals surface area contributed by atoms with Crippen molar-refractivity contribution in [3.05, 3.63) is 16.1 Å². The highest BCUT2D eigenvalue weighted by Crippen LogP contribution is 2.17. The summed E-state index contributed by atoms with van der Waals surface area (Å²) in [6.07, 6.45) is 2.44. The fourth-order valence-electron chi connectivity index (χ4n) is 2.20. The number of hydrogen-bond acceptors (Lipinski definition) is 4. The molecule has 1 heterocycles. The van der Waals surface area contributed by atoms with Gasteiger partial charge in [0, 0.05) is 11.4 Å². The third kappa shape index (κ3) is 5.46. The fraction of sp³-hybridized carbons (Fsp3) is 0.786. The number of nitrogens with two attached hydrogens (primary N) is 1. The molecule has 18 heavy (non-hydrogen) atoms. The van der Waals surface area contributed by atoms with Gasteiger partial charge >= 0.3 is 0 Å². The monoisotopic (exact) mass is 269 g/mol. The summed E-state index contributed by atoms with van der Waals surface area (Å²) < 4.78 is 0. The number of aromatic nitrogens is 1. The van der Waals surface area contributed by atoms with Crippen molar-refractivity contribution in [3.8, 4) is 0 Å². The van der Waals surface area contributed by atoms with Gasteiger partial charge in [0.25, 0.3) is 0 Å². The summed E-state index contributed by atoms with van der Waals surface area (Å²) in [6.45, 7) is 9.56. The number of nitrogens with zero attached hydrogens (tertiary/aromatic N) is 2. The lowest BCUT2D eigenvalue weighted by Gasteiger charge is -2.21. The van der Waals surface area contributed by atoms with E-state index in [1.54, 1.807) is 11.3 Å². The molecule has 1 unspecified atom stereocenters. The molecule has 0 aliphatic carbocycles. The second-order valence-electron chi connectivity index (χ2n) is 5.62. The molecule has 0 aromatic carbocycles. The first-order valence-corrected chi connectivity index (χ1v) is 7.68. The van der Waals surface area contributed by atoms with E-state index in [-0.39, 0.29) is 0 Å². The smallest absolute Gasteiger partial charge is 0.0798 e. The van der Waals surface area contributed by atoms with Crippen LogP contribution in [0.1, 0.15) is 37.3 Å². The van der Waals surface area contributed by atoms with Crippen molar-refractivity contribution in [1.29, 1.82) is 0 Å². The lowest BCUT2D eigenvalue weighted by atomic mass is 9.94. The van der Waals surface area contributed by atoms with Crippen molar-refractivity contribution in [2.45, 2.75) is 40.2 Å². The molecule has 0 bridgehead atoms. The van der Waals surface area contributed by atoms with Gasteiger partial charge in [-0.05, 0) is 51.7 Å². The predicted molar refractivity (Wildman–Crippen MR) is 79.8 cm³/mol. The zero-order chi connectivity index (χ0) is 13.5. The maximum atomic E-state index is 5.84. The maximum Gasteiger partial charge on any atom is 0.0798 e. The summed E-state index contributed by atoms with van der Waals surface area (Å²) in [5, 5.41) is 0. The summed E-state index contributed by atoms with van der Waals surface area (Å²) in [5.74, 6) is 1.41. The minimum Gasteiger partial charge on any atom is -0.330 e. The minimum atomic E-state index is 0.662. The predicted octanol–water partition coefficient (Wildman–Crippen LogP) is 2.89. The zero-order valence-corrected chi connectivity index (χ0v) is 13.0. The van der Waals surface area contributed by atoms with Crippen molar-refractivity contribution in [1.82, 2.24) is 9.88 Å². The van der Waals surface area contributed by atoms with E-state index in [1.165, 1.54) is 23.4 Å². The Labute approximate surface area is 115 Å². The van der Waals surface area contributed by atoms with Crippen LogP contribution in [0.5, 0.6) is 0 Å². The zero-order valence-electron chi connectivity index (χ0n) is 12.1. The van der Waals surface area contributed by atoms with E-state index in [0.29, 0.717) is 5.92 Å². The van der Waals surface area contributed by atoms with Gasteiger partial charge in [-0.25, -0.2) is 4.98 Å². The SMILES string of the molecule is Cc1ncsc1CN(C)CCC(CN)CC(C)C. The third-order valence-electron chi connectivity index (χ3n) is 3.32. The van der Waals surface area contributed by atoms with Crippen LogP contribution in [0.4, 0.5) is 0 Å². The Morgan fingerprint density at radius 3 is 2.67 bits per heavy atom. The third-order valence-corrected chi connectivity index (χ3v) is 4.24. The first-order chi connectivity index (χ1) is 8.52. The molecule has 1 aromatic rings. The molecule has 0 radical (unpaired) electrons. The van der Waals surface area contributed by atoms with Crippen LogP contribution in [0.2, 0.25) is 0 Å². The Morgan fingerprint density at radius 2 is 2.17 bits per heavy atom. The van der Waals surface area contributed by atoms with E-state index in [4.69, 9.17) is 5.73 Å². The summed E-state index contributed by atoms with van der Waals surface area (Å²) in [6, 6.07) is 0. The van der Waals surface area contributed by atoms with Crippen LogP contribution in [-0.2, 0) is 6.54 Å². The standard InChI is InChI=1S/C14H27N3S/c1-11(2)7-13(8-15)5-6-17(4)9-14-12(3)16-10-18-14/h10-11,13H,5-9,15H2,1-4H3. The average Bonchev–Trinajstić information content (AvgIpc) is 2.70. The van der Waals surface area contributed by atoms with Crippen molar-refractivity contribution in [2.75, 3.05) is 20.1 Å². The minimum absolute atomic E-state index is 0.662. The quantitative estimate of drug-likeness (QED) is 0.789.